The largest absolute Gasteiger partial charge is 0.493 e. The first-order valence-corrected chi connectivity index (χ1v) is 8.33. The number of carbonyl (C=O) groups excluding carboxylic acids is 1. The van der Waals surface area contributed by atoms with E-state index in [-0.39, 0.29) is 5.91 Å². The van der Waals surface area contributed by atoms with E-state index in [2.05, 4.69) is 15.3 Å². The van der Waals surface area contributed by atoms with E-state index in [1.165, 1.54) is 0 Å². The van der Waals surface area contributed by atoms with E-state index in [0.29, 0.717) is 47.1 Å². The third-order valence-electron chi connectivity index (χ3n) is 4.29. The number of nitrogens with one attached hydrogen (secondary N) is 1. The molecule has 2 heterocycles. The van der Waals surface area contributed by atoms with Crippen LogP contribution in [-0.2, 0) is 4.79 Å². The summed E-state index contributed by atoms with van der Waals surface area (Å²) in [5, 5.41) is 3.88. The van der Waals surface area contributed by atoms with Crippen molar-refractivity contribution < 1.29 is 14.3 Å². The minimum absolute atomic E-state index is 0.243. The zero-order chi connectivity index (χ0) is 17.8. The van der Waals surface area contributed by atoms with Crippen LogP contribution in [-0.4, -0.2) is 54.6 Å². The summed E-state index contributed by atoms with van der Waals surface area (Å²) in [5.41, 5.74) is 6.74. The number of anilines is 2. The lowest BCUT2D eigenvalue weighted by Gasteiger charge is -2.15. The molecule has 1 aromatic heterocycles. The number of nitrogen functional groups attached to an aromatic ring is 1. The number of methoxy groups -OCH3 is 2. The first-order valence-electron chi connectivity index (χ1n) is 8.33. The van der Waals surface area contributed by atoms with Gasteiger partial charge in [0.15, 0.2) is 11.5 Å². The molecule has 1 aromatic carbocycles. The second-order valence-corrected chi connectivity index (χ2v) is 5.92. The number of aromatic nitrogens is 2. The minimum Gasteiger partial charge on any atom is -0.493 e. The Bertz CT molecular complexity index is 780. The Kier molecular flexibility index (Phi) is 5.06. The third kappa shape index (κ3) is 3.67. The van der Waals surface area contributed by atoms with Crippen LogP contribution in [0.1, 0.15) is 19.3 Å². The monoisotopic (exact) mass is 345 g/mol. The maximum Gasteiger partial charge on any atom is 0.225 e. The number of rotatable bonds is 7. The molecule has 0 radical (unpaired) electrons. The van der Waals surface area contributed by atoms with Crippen LogP contribution >= 0.6 is 0 Å². The highest BCUT2D eigenvalue weighted by Crippen LogP contribution is 2.33. The van der Waals surface area contributed by atoms with E-state index < -0.39 is 0 Å². The quantitative estimate of drug-likeness (QED) is 0.736. The fourth-order valence-electron chi connectivity index (χ4n) is 2.97. The maximum absolute atomic E-state index is 11.6. The van der Waals surface area contributed by atoms with Crippen molar-refractivity contribution in [2.45, 2.75) is 19.3 Å². The highest BCUT2D eigenvalue weighted by atomic mass is 16.5. The van der Waals surface area contributed by atoms with Gasteiger partial charge in [0.05, 0.1) is 19.7 Å². The van der Waals surface area contributed by atoms with Crippen LogP contribution in [0.5, 0.6) is 11.5 Å². The van der Waals surface area contributed by atoms with Gasteiger partial charge in [-0.3, -0.25) is 4.79 Å². The molecule has 1 saturated heterocycles. The first-order chi connectivity index (χ1) is 12.1. The van der Waals surface area contributed by atoms with Crippen LogP contribution in [0.3, 0.4) is 0 Å². The van der Waals surface area contributed by atoms with Gasteiger partial charge in [0.2, 0.25) is 11.9 Å². The SMILES string of the molecule is COc1cc2nc(NCCCN3CCCC3=O)nc(N)c2cc1OC. The highest BCUT2D eigenvalue weighted by Gasteiger charge is 2.19. The smallest absolute Gasteiger partial charge is 0.225 e. The maximum atomic E-state index is 11.6. The molecule has 2 aromatic rings. The van der Waals surface area contributed by atoms with Gasteiger partial charge in [0, 0.05) is 37.5 Å². The average Bonchev–Trinajstić information content (AvgIpc) is 3.02. The summed E-state index contributed by atoms with van der Waals surface area (Å²) < 4.78 is 10.6. The summed E-state index contributed by atoms with van der Waals surface area (Å²) in [6.07, 6.45) is 2.46. The standard InChI is InChI=1S/C17H23N5O3/c1-24-13-9-11-12(10-14(13)25-2)20-17(21-16(11)18)19-6-4-8-22-7-3-5-15(22)23/h9-10H,3-8H2,1-2H3,(H3,18,19,20,21). The lowest BCUT2D eigenvalue weighted by atomic mass is 10.2. The molecule has 134 valence electrons. The van der Waals surface area contributed by atoms with Crippen molar-refractivity contribution in [3.05, 3.63) is 12.1 Å². The zero-order valence-electron chi connectivity index (χ0n) is 14.5. The van der Waals surface area contributed by atoms with Crippen molar-refractivity contribution in [2.75, 3.05) is 44.9 Å². The molecule has 1 aliphatic rings. The summed E-state index contributed by atoms with van der Waals surface area (Å²) in [5.74, 6) is 2.26. The Hall–Kier alpha value is -2.77. The van der Waals surface area contributed by atoms with Gasteiger partial charge in [-0.15, -0.1) is 0 Å². The van der Waals surface area contributed by atoms with Crippen molar-refractivity contribution in [1.29, 1.82) is 0 Å². The van der Waals surface area contributed by atoms with Crippen LogP contribution < -0.4 is 20.5 Å². The lowest BCUT2D eigenvalue weighted by molar-refractivity contribution is -0.127. The van der Waals surface area contributed by atoms with E-state index in [1.807, 2.05) is 4.90 Å². The van der Waals surface area contributed by atoms with Gasteiger partial charge < -0.3 is 25.4 Å². The third-order valence-corrected chi connectivity index (χ3v) is 4.29. The van der Waals surface area contributed by atoms with E-state index in [1.54, 1.807) is 26.4 Å². The van der Waals surface area contributed by atoms with Crippen molar-refractivity contribution in [2.24, 2.45) is 0 Å². The molecule has 8 nitrogen and oxygen atoms in total. The minimum atomic E-state index is 0.243. The van der Waals surface area contributed by atoms with Gasteiger partial charge in [-0.05, 0) is 18.9 Å². The van der Waals surface area contributed by atoms with Gasteiger partial charge >= 0.3 is 0 Å². The molecule has 0 unspecified atom stereocenters. The van der Waals surface area contributed by atoms with Crippen LogP contribution in [0.2, 0.25) is 0 Å². The van der Waals surface area contributed by atoms with Crippen LogP contribution in [0.25, 0.3) is 10.9 Å². The molecule has 8 heteroatoms. The topological polar surface area (TPSA) is 103 Å². The fraction of sp³-hybridized carbons (Fsp3) is 0.471. The van der Waals surface area contributed by atoms with Crippen molar-refractivity contribution in [3.63, 3.8) is 0 Å². The number of nitrogens with zero attached hydrogens (tertiary/aromatic N) is 3. The summed E-state index contributed by atoms with van der Waals surface area (Å²) in [6, 6.07) is 3.55. The molecular formula is C17H23N5O3. The second kappa shape index (κ2) is 7.42. The predicted octanol–water partition coefficient (Wildman–Crippen LogP) is 1.65. The Morgan fingerprint density at radius 1 is 1.24 bits per heavy atom. The molecule has 3 N–H and O–H groups in total. The average molecular weight is 345 g/mol. The number of hydrogen-bond donors (Lipinski definition) is 2. The van der Waals surface area contributed by atoms with Crippen molar-refractivity contribution >= 4 is 28.6 Å². The number of carbonyl (C=O) groups is 1. The predicted molar refractivity (Wildman–Crippen MR) is 96.0 cm³/mol. The molecule has 0 spiro atoms. The van der Waals surface area contributed by atoms with Crippen LogP contribution in [0.4, 0.5) is 11.8 Å². The summed E-state index contributed by atoms with van der Waals surface area (Å²) in [7, 11) is 3.15. The van der Waals surface area contributed by atoms with Crippen molar-refractivity contribution in [3.8, 4) is 11.5 Å². The summed E-state index contributed by atoms with van der Waals surface area (Å²) in [4.78, 5) is 22.3. The molecule has 1 fully saturated rings. The van der Waals surface area contributed by atoms with Gasteiger partial charge in [-0.25, -0.2) is 4.98 Å². The number of amides is 1. The fourth-order valence-corrected chi connectivity index (χ4v) is 2.97. The zero-order valence-corrected chi connectivity index (χ0v) is 14.5. The van der Waals surface area contributed by atoms with E-state index >= 15 is 0 Å². The molecule has 1 aliphatic heterocycles. The van der Waals surface area contributed by atoms with Crippen molar-refractivity contribution in [1.82, 2.24) is 14.9 Å². The Morgan fingerprint density at radius 2 is 2.00 bits per heavy atom. The molecule has 0 aliphatic carbocycles. The first kappa shape index (κ1) is 17.1. The number of nitrogens with two attached hydrogens (primary N) is 1. The van der Waals surface area contributed by atoms with Gasteiger partial charge in [-0.1, -0.05) is 0 Å². The molecule has 0 bridgehead atoms. The van der Waals surface area contributed by atoms with Gasteiger partial charge in [-0.2, -0.15) is 4.98 Å². The van der Waals surface area contributed by atoms with Crippen LogP contribution in [0.15, 0.2) is 12.1 Å². The number of fused-ring (bicyclic) bond motifs is 1. The van der Waals surface area contributed by atoms with E-state index in [9.17, 15) is 4.79 Å². The Labute approximate surface area is 146 Å². The summed E-state index contributed by atoms with van der Waals surface area (Å²) in [6.45, 7) is 2.28. The van der Waals surface area contributed by atoms with Crippen LogP contribution in [0, 0.1) is 0 Å². The number of benzene rings is 1. The molecule has 0 saturated carbocycles. The molecule has 1 amide bonds. The second-order valence-electron chi connectivity index (χ2n) is 5.92. The lowest BCUT2D eigenvalue weighted by Crippen LogP contribution is -2.27. The Morgan fingerprint density at radius 3 is 2.68 bits per heavy atom. The molecule has 3 rings (SSSR count). The number of ether oxygens (including phenoxy) is 2. The Balaban J connectivity index is 1.68. The molecule has 25 heavy (non-hydrogen) atoms. The highest BCUT2D eigenvalue weighted by molar-refractivity contribution is 5.91. The number of likely N-dealkylation sites (tertiary alicyclic amines) is 1. The van der Waals surface area contributed by atoms with Gasteiger partial charge in [0.25, 0.3) is 0 Å². The molecule has 0 atom stereocenters. The van der Waals surface area contributed by atoms with Gasteiger partial charge in [0.1, 0.15) is 5.82 Å². The normalized spacial score (nSPS) is 14.2. The molecular weight excluding hydrogens is 322 g/mol. The van der Waals surface area contributed by atoms with E-state index in [0.717, 1.165) is 25.9 Å². The summed E-state index contributed by atoms with van der Waals surface area (Å²) >= 11 is 0. The van der Waals surface area contributed by atoms with E-state index in [4.69, 9.17) is 15.2 Å². The number of hydrogen-bond acceptors (Lipinski definition) is 7.